The highest BCUT2D eigenvalue weighted by molar-refractivity contribution is 5.92. The molecule has 0 saturated carbocycles. The number of likely N-dealkylation sites (N-methyl/N-ethyl adjacent to an activating group) is 1. The Balaban J connectivity index is 2.04. The van der Waals surface area contributed by atoms with E-state index in [1.54, 1.807) is 6.20 Å². The van der Waals surface area contributed by atoms with Crippen LogP contribution in [0.25, 0.3) is 0 Å². The molecule has 88 valence electrons. The Kier molecular flexibility index (Phi) is 3.24. The minimum Gasteiger partial charge on any atom is -0.338 e. The van der Waals surface area contributed by atoms with Crippen LogP contribution in [0.15, 0.2) is 6.20 Å². The summed E-state index contributed by atoms with van der Waals surface area (Å²) in [5.74, 6) is 0.839. The van der Waals surface area contributed by atoms with Crippen molar-refractivity contribution < 1.29 is 4.79 Å². The molecule has 5 heteroatoms. The average molecular weight is 222 g/mol. The van der Waals surface area contributed by atoms with Gasteiger partial charge in [-0.1, -0.05) is 0 Å². The number of nitrogens with zero attached hydrogens (tertiary/aromatic N) is 2. The zero-order chi connectivity index (χ0) is 11.5. The van der Waals surface area contributed by atoms with Gasteiger partial charge in [0.15, 0.2) is 0 Å². The highest BCUT2D eigenvalue weighted by atomic mass is 16.2. The Labute approximate surface area is 95.2 Å². The number of amides is 1. The molecule has 0 spiro atoms. The van der Waals surface area contributed by atoms with Gasteiger partial charge in [-0.2, -0.15) is 0 Å². The molecule has 2 heterocycles. The van der Waals surface area contributed by atoms with Crippen molar-refractivity contribution >= 4 is 5.91 Å². The zero-order valence-corrected chi connectivity index (χ0v) is 9.79. The molecule has 1 saturated heterocycles. The summed E-state index contributed by atoms with van der Waals surface area (Å²) in [6.45, 7) is 3.48. The molecule has 0 bridgehead atoms. The lowest BCUT2D eigenvalue weighted by Crippen LogP contribution is -2.47. The third-order valence-electron chi connectivity index (χ3n) is 3.05. The maximum absolute atomic E-state index is 12.1. The second kappa shape index (κ2) is 4.65. The second-order valence-corrected chi connectivity index (χ2v) is 4.26. The van der Waals surface area contributed by atoms with E-state index in [1.807, 2.05) is 18.9 Å². The van der Waals surface area contributed by atoms with Gasteiger partial charge in [0, 0.05) is 19.1 Å². The van der Waals surface area contributed by atoms with Gasteiger partial charge in [-0.3, -0.25) is 4.79 Å². The summed E-state index contributed by atoms with van der Waals surface area (Å²) < 4.78 is 0. The van der Waals surface area contributed by atoms with Crippen LogP contribution in [-0.4, -0.2) is 47.0 Å². The van der Waals surface area contributed by atoms with Crippen LogP contribution in [0.5, 0.6) is 0 Å². The van der Waals surface area contributed by atoms with Gasteiger partial charge in [0.05, 0.1) is 6.20 Å². The van der Waals surface area contributed by atoms with Crippen molar-refractivity contribution in [2.45, 2.75) is 25.8 Å². The van der Waals surface area contributed by atoms with Crippen LogP contribution in [-0.2, 0) is 0 Å². The van der Waals surface area contributed by atoms with Gasteiger partial charge < -0.3 is 15.2 Å². The van der Waals surface area contributed by atoms with Crippen LogP contribution in [0.3, 0.4) is 0 Å². The molecule has 1 fully saturated rings. The van der Waals surface area contributed by atoms with Crippen LogP contribution in [0.2, 0.25) is 0 Å². The van der Waals surface area contributed by atoms with E-state index in [2.05, 4.69) is 15.3 Å². The molecular formula is C11H18N4O. The third-order valence-corrected chi connectivity index (χ3v) is 3.05. The molecule has 16 heavy (non-hydrogen) atoms. The lowest BCUT2D eigenvalue weighted by Gasteiger charge is -2.32. The number of likely N-dealkylation sites (tertiary alicyclic amines) is 1. The first kappa shape index (κ1) is 11.1. The summed E-state index contributed by atoms with van der Waals surface area (Å²) in [5.41, 5.74) is 0.592. The first-order valence-electron chi connectivity index (χ1n) is 5.69. The molecule has 1 amide bonds. The number of hydrogen-bond donors (Lipinski definition) is 2. The predicted molar refractivity (Wildman–Crippen MR) is 61.3 cm³/mol. The number of aromatic nitrogens is 2. The van der Waals surface area contributed by atoms with Gasteiger partial charge in [0.25, 0.3) is 5.91 Å². The standard InChI is InChI=1S/C11H18N4O/c1-8-13-6-10(14-8)11(16)15-5-3-4-9(7-15)12-2/h6,9,12H,3-5,7H2,1-2H3,(H,13,14). The van der Waals surface area contributed by atoms with E-state index < -0.39 is 0 Å². The molecule has 0 aromatic carbocycles. The SMILES string of the molecule is CNC1CCCN(C(=O)c2cnc(C)[nH]2)C1. The molecule has 5 nitrogen and oxygen atoms in total. The quantitative estimate of drug-likeness (QED) is 0.768. The summed E-state index contributed by atoms with van der Waals surface area (Å²) in [4.78, 5) is 21.0. The molecule has 1 aromatic heterocycles. The number of hydrogen-bond acceptors (Lipinski definition) is 3. The summed E-state index contributed by atoms with van der Waals surface area (Å²) in [5, 5.41) is 3.23. The van der Waals surface area contributed by atoms with E-state index in [1.165, 1.54) is 0 Å². The first-order valence-corrected chi connectivity index (χ1v) is 5.69. The van der Waals surface area contributed by atoms with E-state index in [0.717, 1.165) is 31.8 Å². The van der Waals surface area contributed by atoms with Crippen LogP contribution in [0.4, 0.5) is 0 Å². The minimum atomic E-state index is 0.0561. The van der Waals surface area contributed by atoms with Crippen molar-refractivity contribution in [1.82, 2.24) is 20.2 Å². The van der Waals surface area contributed by atoms with Crippen molar-refractivity contribution in [2.24, 2.45) is 0 Å². The number of aryl methyl sites for hydroxylation is 1. The average Bonchev–Trinajstić information content (AvgIpc) is 2.75. The number of carbonyl (C=O) groups is 1. The van der Waals surface area contributed by atoms with Crippen molar-refractivity contribution in [2.75, 3.05) is 20.1 Å². The van der Waals surface area contributed by atoms with Crippen LogP contribution in [0.1, 0.15) is 29.2 Å². The fourth-order valence-corrected chi connectivity index (χ4v) is 2.10. The summed E-state index contributed by atoms with van der Waals surface area (Å²) in [6, 6.07) is 0.418. The van der Waals surface area contributed by atoms with Crippen molar-refractivity contribution in [1.29, 1.82) is 0 Å². The molecule has 1 unspecified atom stereocenters. The first-order chi connectivity index (χ1) is 7.70. The Bertz CT molecular complexity index is 374. The number of piperidine rings is 1. The van der Waals surface area contributed by atoms with Crippen molar-refractivity contribution in [3.63, 3.8) is 0 Å². The summed E-state index contributed by atoms with van der Waals surface area (Å²) >= 11 is 0. The molecule has 2 rings (SSSR count). The number of imidazole rings is 1. The van der Waals surface area contributed by atoms with Crippen LogP contribution in [0, 0.1) is 6.92 Å². The van der Waals surface area contributed by atoms with Gasteiger partial charge in [-0.05, 0) is 26.8 Å². The Hall–Kier alpha value is -1.36. The topological polar surface area (TPSA) is 61.0 Å². The fourth-order valence-electron chi connectivity index (χ4n) is 2.10. The lowest BCUT2D eigenvalue weighted by atomic mass is 10.1. The Morgan fingerprint density at radius 3 is 3.12 bits per heavy atom. The second-order valence-electron chi connectivity index (χ2n) is 4.26. The van der Waals surface area contributed by atoms with Crippen LogP contribution >= 0.6 is 0 Å². The highest BCUT2D eigenvalue weighted by Gasteiger charge is 2.24. The predicted octanol–water partition coefficient (Wildman–Crippen LogP) is 0.542. The molecule has 0 radical (unpaired) electrons. The van der Waals surface area contributed by atoms with Gasteiger partial charge in [-0.25, -0.2) is 4.98 Å². The van der Waals surface area contributed by atoms with Gasteiger partial charge in [-0.15, -0.1) is 0 Å². The monoisotopic (exact) mass is 222 g/mol. The van der Waals surface area contributed by atoms with Crippen molar-refractivity contribution in [3.05, 3.63) is 17.7 Å². The smallest absolute Gasteiger partial charge is 0.271 e. The number of rotatable bonds is 2. The zero-order valence-electron chi connectivity index (χ0n) is 9.79. The number of aromatic amines is 1. The third kappa shape index (κ3) is 2.24. The molecule has 2 N–H and O–H groups in total. The lowest BCUT2D eigenvalue weighted by molar-refractivity contribution is 0.0692. The van der Waals surface area contributed by atoms with E-state index >= 15 is 0 Å². The van der Waals surface area contributed by atoms with E-state index in [4.69, 9.17) is 0 Å². The van der Waals surface area contributed by atoms with Gasteiger partial charge in [0.2, 0.25) is 0 Å². The molecule has 1 atom stereocenters. The van der Waals surface area contributed by atoms with Crippen molar-refractivity contribution in [3.8, 4) is 0 Å². The number of nitrogens with one attached hydrogen (secondary N) is 2. The van der Waals surface area contributed by atoms with E-state index in [0.29, 0.717) is 11.7 Å². The summed E-state index contributed by atoms with van der Waals surface area (Å²) in [7, 11) is 1.94. The maximum atomic E-state index is 12.1. The molecule has 0 aliphatic carbocycles. The maximum Gasteiger partial charge on any atom is 0.271 e. The van der Waals surface area contributed by atoms with Gasteiger partial charge in [0.1, 0.15) is 11.5 Å². The Morgan fingerprint density at radius 2 is 2.50 bits per heavy atom. The van der Waals surface area contributed by atoms with E-state index in [9.17, 15) is 4.79 Å². The number of H-pyrrole nitrogens is 1. The molecular weight excluding hydrogens is 204 g/mol. The summed E-state index contributed by atoms with van der Waals surface area (Å²) in [6.07, 6.45) is 3.81. The number of carbonyl (C=O) groups excluding carboxylic acids is 1. The van der Waals surface area contributed by atoms with Gasteiger partial charge >= 0.3 is 0 Å². The highest BCUT2D eigenvalue weighted by Crippen LogP contribution is 2.12. The van der Waals surface area contributed by atoms with E-state index in [-0.39, 0.29) is 5.91 Å². The normalized spacial score (nSPS) is 21.1. The van der Waals surface area contributed by atoms with Crippen LogP contribution < -0.4 is 5.32 Å². The minimum absolute atomic E-state index is 0.0561. The molecule has 1 aliphatic heterocycles. The molecule has 1 aromatic rings. The Morgan fingerprint density at radius 1 is 1.69 bits per heavy atom. The largest absolute Gasteiger partial charge is 0.338 e. The fraction of sp³-hybridized carbons (Fsp3) is 0.636. The molecule has 1 aliphatic rings.